The van der Waals surface area contributed by atoms with E-state index >= 15 is 0 Å². The van der Waals surface area contributed by atoms with Gasteiger partial charge in [0.05, 0.1) is 27.0 Å². The summed E-state index contributed by atoms with van der Waals surface area (Å²) in [6, 6.07) is 14.0. The van der Waals surface area contributed by atoms with Gasteiger partial charge in [0.25, 0.3) is 0 Å². The number of carbonyl (C=O) groups excluding carboxylic acids is 1. The number of nitrogens with one attached hydrogen (secondary N) is 1. The summed E-state index contributed by atoms with van der Waals surface area (Å²) < 4.78 is 43.9. The van der Waals surface area contributed by atoms with Gasteiger partial charge in [0, 0.05) is 18.7 Å². The molecule has 0 saturated heterocycles. The fourth-order valence-electron chi connectivity index (χ4n) is 4.32. The summed E-state index contributed by atoms with van der Waals surface area (Å²) in [6.45, 7) is 0.212. The van der Waals surface area contributed by atoms with Crippen molar-refractivity contribution in [3.05, 3.63) is 82.9 Å². The first kappa shape index (κ1) is 23.4. The van der Waals surface area contributed by atoms with Crippen molar-refractivity contribution in [3.8, 4) is 17.2 Å². The van der Waals surface area contributed by atoms with E-state index in [2.05, 4.69) is 5.32 Å². The van der Waals surface area contributed by atoms with Crippen molar-refractivity contribution in [1.29, 1.82) is 0 Å². The lowest BCUT2D eigenvalue weighted by molar-refractivity contribution is 0.185. The largest absolute Gasteiger partial charge is 0.493 e. The maximum atomic E-state index is 14.3. The Morgan fingerprint density at radius 1 is 0.941 bits per heavy atom. The summed E-state index contributed by atoms with van der Waals surface area (Å²) >= 11 is 0. The van der Waals surface area contributed by atoms with Gasteiger partial charge in [-0.3, -0.25) is 0 Å². The van der Waals surface area contributed by atoms with Crippen molar-refractivity contribution in [2.24, 2.45) is 0 Å². The van der Waals surface area contributed by atoms with E-state index in [-0.39, 0.29) is 18.3 Å². The second kappa shape index (κ2) is 9.99. The lowest BCUT2D eigenvalue weighted by Gasteiger charge is -2.30. The number of urea groups is 1. The van der Waals surface area contributed by atoms with Gasteiger partial charge in [-0.2, -0.15) is 0 Å². The second-order valence-electron chi connectivity index (χ2n) is 8.05. The van der Waals surface area contributed by atoms with Gasteiger partial charge in [-0.15, -0.1) is 0 Å². The molecule has 0 unspecified atom stereocenters. The van der Waals surface area contributed by atoms with Crippen molar-refractivity contribution < 1.29 is 27.8 Å². The van der Waals surface area contributed by atoms with Crippen LogP contribution in [0.2, 0.25) is 0 Å². The molecule has 1 N–H and O–H groups in total. The number of rotatable bonds is 7. The molecule has 4 rings (SSSR count). The molecule has 0 heterocycles. The molecule has 0 radical (unpaired) electrons. The van der Waals surface area contributed by atoms with Gasteiger partial charge in [0.1, 0.15) is 11.6 Å². The predicted octanol–water partition coefficient (Wildman–Crippen LogP) is 5.19. The zero-order valence-electron chi connectivity index (χ0n) is 19.2. The van der Waals surface area contributed by atoms with E-state index in [0.717, 1.165) is 17.7 Å². The van der Waals surface area contributed by atoms with E-state index in [1.165, 1.54) is 38.5 Å². The average Bonchev–Trinajstić information content (AvgIpc) is 3.27. The lowest BCUT2D eigenvalue weighted by Crippen LogP contribution is -2.43. The molecule has 3 aromatic carbocycles. The summed E-state index contributed by atoms with van der Waals surface area (Å²) in [5, 5.41) is 2.60. The molecule has 1 aliphatic rings. The van der Waals surface area contributed by atoms with Crippen LogP contribution in [0.15, 0.2) is 54.6 Å². The highest BCUT2D eigenvalue weighted by Gasteiger charge is 2.31. The van der Waals surface area contributed by atoms with Crippen molar-refractivity contribution >= 4 is 11.7 Å². The van der Waals surface area contributed by atoms with E-state index in [1.54, 1.807) is 17.0 Å². The molecule has 0 bridgehead atoms. The van der Waals surface area contributed by atoms with Gasteiger partial charge in [-0.05, 0) is 53.8 Å². The van der Waals surface area contributed by atoms with Crippen molar-refractivity contribution in [2.75, 3.05) is 26.6 Å². The highest BCUT2D eigenvalue weighted by atomic mass is 19.1. The Bertz CT molecular complexity index is 1150. The molecule has 178 valence electrons. The number of methoxy groups -OCH3 is 3. The third-order valence-electron chi connectivity index (χ3n) is 5.98. The number of amides is 2. The van der Waals surface area contributed by atoms with Crippen LogP contribution in [0.25, 0.3) is 0 Å². The van der Waals surface area contributed by atoms with Gasteiger partial charge < -0.3 is 24.4 Å². The molecule has 6 nitrogen and oxygen atoms in total. The zero-order chi connectivity index (χ0) is 24.2. The van der Waals surface area contributed by atoms with Gasteiger partial charge in [-0.1, -0.05) is 24.3 Å². The maximum absolute atomic E-state index is 14.3. The molecule has 34 heavy (non-hydrogen) atoms. The lowest BCUT2D eigenvalue weighted by atomic mass is 10.1. The molecular weight excluding hydrogens is 442 g/mol. The average molecular weight is 469 g/mol. The maximum Gasteiger partial charge on any atom is 0.322 e. The zero-order valence-corrected chi connectivity index (χ0v) is 19.2. The van der Waals surface area contributed by atoms with Crippen LogP contribution in [-0.2, 0) is 19.4 Å². The summed E-state index contributed by atoms with van der Waals surface area (Å²) in [6.07, 6.45) is 1.33. The van der Waals surface area contributed by atoms with E-state index in [0.29, 0.717) is 30.1 Å². The third kappa shape index (κ3) is 4.76. The van der Waals surface area contributed by atoms with Crippen molar-refractivity contribution in [2.45, 2.75) is 25.4 Å². The van der Waals surface area contributed by atoms with Crippen LogP contribution < -0.4 is 19.5 Å². The molecule has 0 saturated carbocycles. The Kier molecular flexibility index (Phi) is 6.86. The Morgan fingerprint density at radius 3 is 2.09 bits per heavy atom. The molecule has 3 aromatic rings. The molecule has 0 spiro atoms. The molecule has 0 atom stereocenters. The topological polar surface area (TPSA) is 60.0 Å². The minimum atomic E-state index is -0.837. The van der Waals surface area contributed by atoms with Crippen LogP contribution in [-0.4, -0.2) is 38.3 Å². The molecule has 1 aliphatic carbocycles. The molecule has 0 aromatic heterocycles. The standard InChI is InChI=1S/C26H26F2N2O4/c1-32-23-10-16(11-24(33-2)25(23)34-3)15-30(20-12-17-6-4-5-7-18(17)13-20)26(31)29-22-9-8-19(27)14-21(22)28/h4-11,14,20H,12-13,15H2,1-3H3,(H,29,31). The molecular formula is C26H26F2N2O4. The first-order chi connectivity index (χ1) is 16.4. The SMILES string of the molecule is COc1cc(CN(C(=O)Nc2ccc(F)cc2F)C2Cc3ccccc3C2)cc(OC)c1OC. The number of hydrogen-bond donors (Lipinski definition) is 1. The van der Waals surface area contributed by atoms with Crippen LogP contribution in [0.5, 0.6) is 17.2 Å². The van der Waals surface area contributed by atoms with Crippen molar-refractivity contribution in [3.63, 3.8) is 0 Å². The number of ether oxygens (including phenoxy) is 3. The first-order valence-electron chi connectivity index (χ1n) is 10.8. The quantitative estimate of drug-likeness (QED) is 0.518. The molecule has 0 aliphatic heterocycles. The molecule has 0 fully saturated rings. The Hall–Kier alpha value is -3.81. The van der Waals surface area contributed by atoms with Gasteiger partial charge in [0.2, 0.25) is 5.75 Å². The monoisotopic (exact) mass is 468 g/mol. The van der Waals surface area contributed by atoms with Crippen LogP contribution in [0, 0.1) is 11.6 Å². The predicted molar refractivity (Wildman–Crippen MR) is 125 cm³/mol. The highest BCUT2D eigenvalue weighted by Crippen LogP contribution is 2.39. The Balaban J connectivity index is 1.66. The van der Waals surface area contributed by atoms with Crippen LogP contribution in [0.3, 0.4) is 0 Å². The highest BCUT2D eigenvalue weighted by molar-refractivity contribution is 5.89. The fourth-order valence-corrected chi connectivity index (χ4v) is 4.32. The third-order valence-corrected chi connectivity index (χ3v) is 5.98. The Morgan fingerprint density at radius 2 is 1.56 bits per heavy atom. The van der Waals surface area contributed by atoms with E-state index in [9.17, 15) is 13.6 Å². The Labute approximate surface area is 197 Å². The van der Waals surface area contributed by atoms with E-state index < -0.39 is 17.7 Å². The number of hydrogen-bond acceptors (Lipinski definition) is 4. The van der Waals surface area contributed by atoms with Gasteiger partial charge in [0.15, 0.2) is 11.5 Å². The van der Waals surface area contributed by atoms with Crippen LogP contribution in [0.4, 0.5) is 19.3 Å². The number of fused-ring (bicyclic) bond motifs is 1. The van der Waals surface area contributed by atoms with Crippen LogP contribution in [0.1, 0.15) is 16.7 Å². The molecule has 2 amide bonds. The molecule has 8 heteroatoms. The van der Waals surface area contributed by atoms with E-state index in [4.69, 9.17) is 14.2 Å². The summed E-state index contributed by atoms with van der Waals surface area (Å²) in [7, 11) is 4.57. The summed E-state index contributed by atoms with van der Waals surface area (Å²) in [5.41, 5.74) is 3.00. The van der Waals surface area contributed by atoms with Crippen molar-refractivity contribution in [1.82, 2.24) is 4.90 Å². The number of nitrogens with zero attached hydrogens (tertiary/aromatic N) is 1. The van der Waals surface area contributed by atoms with E-state index in [1.807, 2.05) is 24.3 Å². The fraction of sp³-hybridized carbons (Fsp3) is 0.269. The first-order valence-corrected chi connectivity index (χ1v) is 10.8. The van der Waals surface area contributed by atoms with Gasteiger partial charge in [-0.25, -0.2) is 13.6 Å². The number of carbonyl (C=O) groups is 1. The number of halogens is 2. The minimum Gasteiger partial charge on any atom is -0.493 e. The van der Waals surface area contributed by atoms with Crippen LogP contribution >= 0.6 is 0 Å². The number of benzene rings is 3. The smallest absolute Gasteiger partial charge is 0.322 e. The van der Waals surface area contributed by atoms with Gasteiger partial charge >= 0.3 is 6.03 Å². The minimum absolute atomic E-state index is 0.0863. The summed E-state index contributed by atoms with van der Waals surface area (Å²) in [4.78, 5) is 15.0. The number of anilines is 1. The second-order valence-corrected chi connectivity index (χ2v) is 8.05. The summed E-state index contributed by atoms with van der Waals surface area (Å²) in [5.74, 6) is -0.161. The normalized spacial score (nSPS) is 12.7.